The lowest BCUT2D eigenvalue weighted by Crippen LogP contribution is -2.26. The van der Waals surface area contributed by atoms with Crippen molar-refractivity contribution >= 4 is 27.2 Å². The van der Waals surface area contributed by atoms with E-state index in [0.717, 1.165) is 17.6 Å². The molecular formula is C32H50N3S+. The third-order valence-corrected chi connectivity index (χ3v) is 8.46. The summed E-state index contributed by atoms with van der Waals surface area (Å²) < 4.78 is 3.52. The zero-order valence-electron chi connectivity index (χ0n) is 23.7. The van der Waals surface area contributed by atoms with Crippen LogP contribution in [0.15, 0.2) is 30.3 Å². The van der Waals surface area contributed by atoms with Gasteiger partial charge in [0.2, 0.25) is 5.36 Å². The van der Waals surface area contributed by atoms with Gasteiger partial charge in [-0.1, -0.05) is 90.4 Å². The number of aryl methyl sites for hydroxylation is 1. The van der Waals surface area contributed by atoms with Crippen LogP contribution in [0.3, 0.4) is 0 Å². The summed E-state index contributed by atoms with van der Waals surface area (Å²) in [6.45, 7) is 2.30. The molecule has 0 saturated carbocycles. The highest BCUT2D eigenvalue weighted by molar-refractivity contribution is 7.21. The van der Waals surface area contributed by atoms with E-state index >= 15 is 0 Å². The predicted molar refractivity (Wildman–Crippen MR) is 162 cm³/mol. The molecule has 1 heterocycles. The number of anilines is 1. The second-order valence-electron chi connectivity index (χ2n) is 10.9. The first-order valence-electron chi connectivity index (χ1n) is 14.5. The van der Waals surface area contributed by atoms with Crippen molar-refractivity contribution in [3.63, 3.8) is 0 Å². The van der Waals surface area contributed by atoms with Gasteiger partial charge in [0.15, 0.2) is 0 Å². The first-order chi connectivity index (χ1) is 17.5. The van der Waals surface area contributed by atoms with Crippen molar-refractivity contribution in [2.24, 2.45) is 0 Å². The molecule has 1 aromatic carbocycles. The fourth-order valence-corrected chi connectivity index (χ4v) is 6.11. The molecule has 2 aliphatic rings. The minimum atomic E-state index is 1.10. The summed E-state index contributed by atoms with van der Waals surface area (Å²) in [6, 6.07) is 11.3. The summed E-state index contributed by atoms with van der Waals surface area (Å²) >= 11 is 1.86. The van der Waals surface area contributed by atoms with E-state index in [-0.39, 0.29) is 0 Å². The topological polar surface area (TPSA) is 19.1 Å². The summed E-state index contributed by atoms with van der Waals surface area (Å²) in [5.74, 6) is 0. The largest absolute Gasteiger partial charge is 0.378 e. The smallest absolute Gasteiger partial charge is 0.204 e. The lowest BCUT2D eigenvalue weighted by Gasteiger charge is -2.14. The fourth-order valence-electron chi connectivity index (χ4n) is 5.10. The minimum absolute atomic E-state index is 1.10. The van der Waals surface area contributed by atoms with E-state index in [0.29, 0.717) is 0 Å². The molecule has 0 bridgehead atoms. The molecule has 1 aromatic rings. The molecule has 4 heteroatoms. The van der Waals surface area contributed by atoms with Gasteiger partial charge in [0.1, 0.15) is 14.1 Å². The minimum Gasteiger partial charge on any atom is -0.378 e. The van der Waals surface area contributed by atoms with Crippen LogP contribution in [-0.4, -0.2) is 33.2 Å². The van der Waals surface area contributed by atoms with Gasteiger partial charge >= 0.3 is 0 Å². The van der Waals surface area contributed by atoms with E-state index in [2.05, 4.69) is 74.9 Å². The summed E-state index contributed by atoms with van der Waals surface area (Å²) in [4.78, 5) is 8.45. The molecule has 0 atom stereocenters. The number of hydrogen-bond donors (Lipinski definition) is 0. The maximum atomic E-state index is 5.03. The van der Waals surface area contributed by atoms with Crippen LogP contribution in [0.1, 0.15) is 102 Å². The van der Waals surface area contributed by atoms with Crippen LogP contribution in [0.5, 0.6) is 0 Å². The standard InChI is InChI=1S/C32H50N3S/c1-6-7-8-9-10-11-12-13-14-15-16-17-18-19-20-26-23-29-32(25-30(26)35(4)5)36-31-24-27(34(2)3)21-22-28(31)33-29/h21-25H,6-20H2,1-5H3/q+1. The second-order valence-corrected chi connectivity index (χ2v) is 12.0. The first kappa shape index (κ1) is 28.6. The van der Waals surface area contributed by atoms with Crippen molar-refractivity contribution in [2.45, 2.75) is 103 Å². The Bertz CT molecular complexity index is 1090. The Morgan fingerprint density at radius 3 is 1.89 bits per heavy atom. The second kappa shape index (κ2) is 15.3. The van der Waals surface area contributed by atoms with Crippen LogP contribution >= 0.6 is 11.3 Å². The first-order valence-corrected chi connectivity index (χ1v) is 15.4. The molecule has 0 spiro atoms. The number of nitrogens with zero attached hydrogens (tertiary/aromatic N) is 3. The van der Waals surface area contributed by atoms with Crippen LogP contribution in [0.25, 0.3) is 20.8 Å². The van der Waals surface area contributed by atoms with Crippen molar-refractivity contribution in [1.82, 2.24) is 9.56 Å². The zero-order valence-corrected chi connectivity index (χ0v) is 24.6. The van der Waals surface area contributed by atoms with Gasteiger partial charge < -0.3 is 4.90 Å². The number of rotatable bonds is 16. The zero-order chi connectivity index (χ0) is 25.8. The maximum Gasteiger partial charge on any atom is 0.204 e. The average molecular weight is 509 g/mol. The van der Waals surface area contributed by atoms with Gasteiger partial charge in [0.05, 0.1) is 20.8 Å². The number of aromatic nitrogens is 1. The molecule has 0 fully saturated rings. The molecule has 0 aromatic heterocycles. The lowest BCUT2D eigenvalue weighted by molar-refractivity contribution is 0.535. The summed E-state index contributed by atoms with van der Waals surface area (Å²) in [6.07, 6.45) is 20.8. The van der Waals surface area contributed by atoms with E-state index in [1.807, 2.05) is 11.3 Å². The third-order valence-electron chi connectivity index (χ3n) is 7.36. The molecule has 198 valence electrons. The summed E-state index contributed by atoms with van der Waals surface area (Å²) in [7, 11) is 8.51. The van der Waals surface area contributed by atoms with E-state index in [1.54, 1.807) is 0 Å². The highest BCUT2D eigenvalue weighted by Gasteiger charge is 2.14. The van der Waals surface area contributed by atoms with Gasteiger partial charge in [-0.15, -0.1) is 11.3 Å². The van der Waals surface area contributed by atoms with Gasteiger partial charge in [0, 0.05) is 31.4 Å². The molecule has 1 aliphatic heterocycles. The molecule has 0 amide bonds. The Morgan fingerprint density at radius 1 is 0.750 bits per heavy atom. The molecular weight excluding hydrogens is 458 g/mol. The normalized spacial score (nSPS) is 11.5. The maximum absolute atomic E-state index is 5.03. The molecule has 3 nitrogen and oxygen atoms in total. The van der Waals surface area contributed by atoms with Crippen molar-refractivity contribution in [2.75, 3.05) is 33.1 Å². The molecule has 3 rings (SSSR count). The average Bonchev–Trinajstić information content (AvgIpc) is 2.86. The molecule has 0 saturated heterocycles. The van der Waals surface area contributed by atoms with Gasteiger partial charge in [0.25, 0.3) is 0 Å². The number of fused-ring (bicyclic) bond motifs is 2. The van der Waals surface area contributed by atoms with Crippen LogP contribution in [0, 0.1) is 0 Å². The number of hydrogen-bond acceptors (Lipinski definition) is 3. The van der Waals surface area contributed by atoms with E-state index in [9.17, 15) is 0 Å². The van der Waals surface area contributed by atoms with E-state index in [4.69, 9.17) is 4.98 Å². The molecule has 36 heavy (non-hydrogen) atoms. The van der Waals surface area contributed by atoms with Crippen molar-refractivity contribution in [1.29, 1.82) is 0 Å². The number of unbranched alkanes of at least 4 members (excludes halogenated alkanes) is 13. The van der Waals surface area contributed by atoms with Gasteiger partial charge in [-0.2, -0.15) is 0 Å². The van der Waals surface area contributed by atoms with Gasteiger partial charge in [-0.3, -0.25) is 0 Å². The van der Waals surface area contributed by atoms with Crippen LogP contribution in [0.2, 0.25) is 0 Å². The lowest BCUT2D eigenvalue weighted by atomic mass is 10.0. The Morgan fingerprint density at radius 2 is 1.33 bits per heavy atom. The highest BCUT2D eigenvalue weighted by atomic mass is 32.1. The van der Waals surface area contributed by atoms with Crippen LogP contribution in [0.4, 0.5) is 5.69 Å². The quantitative estimate of drug-likeness (QED) is 0.110. The Labute approximate surface area is 224 Å². The van der Waals surface area contributed by atoms with E-state index < -0.39 is 0 Å². The van der Waals surface area contributed by atoms with Gasteiger partial charge in [-0.25, -0.2) is 9.56 Å². The monoisotopic (exact) mass is 508 g/mol. The van der Waals surface area contributed by atoms with Crippen molar-refractivity contribution < 1.29 is 0 Å². The SMILES string of the molecule is CCCCCCCCCCCCCCCCc1cc2nc3ccc(N(C)C)cc3sc-2cc1=[N+](C)C. The Balaban J connectivity index is 1.46. The molecule has 0 radical (unpaired) electrons. The van der Waals surface area contributed by atoms with Crippen molar-refractivity contribution in [3.05, 3.63) is 41.3 Å². The molecule has 0 unspecified atom stereocenters. The number of benzene rings is 2. The highest BCUT2D eigenvalue weighted by Crippen LogP contribution is 2.32. The van der Waals surface area contributed by atoms with E-state index in [1.165, 1.54) is 116 Å². The third kappa shape index (κ3) is 8.87. The Kier molecular flexibility index (Phi) is 12.2. The summed E-state index contributed by atoms with van der Waals surface area (Å²) in [5, 5.41) is 1.35. The van der Waals surface area contributed by atoms with Gasteiger partial charge in [-0.05, 0) is 37.1 Å². The summed E-state index contributed by atoms with van der Waals surface area (Å²) in [5.41, 5.74) is 4.90. The van der Waals surface area contributed by atoms with Crippen molar-refractivity contribution in [3.8, 4) is 10.6 Å². The van der Waals surface area contributed by atoms with Crippen LogP contribution < -0.4 is 14.8 Å². The van der Waals surface area contributed by atoms with Crippen LogP contribution in [-0.2, 0) is 6.42 Å². The molecule has 0 N–H and O–H groups in total. The fraction of sp³-hybridized carbons (Fsp3) is 0.625. The molecule has 1 aliphatic carbocycles. The Hall–Kier alpha value is -1.94. The predicted octanol–water partition coefficient (Wildman–Crippen LogP) is 8.52.